The zero-order chi connectivity index (χ0) is 21.7. The summed E-state index contributed by atoms with van der Waals surface area (Å²) in [6.45, 7) is 1.31. The molecule has 10 heteroatoms. The molecular formula is C20H23F2N5O3. The second-order valence-electron chi connectivity index (χ2n) is 6.70. The summed E-state index contributed by atoms with van der Waals surface area (Å²) in [6, 6.07) is 4.72. The predicted octanol–water partition coefficient (Wildman–Crippen LogP) is 2.64. The molecule has 8 nitrogen and oxygen atoms in total. The van der Waals surface area contributed by atoms with Crippen molar-refractivity contribution in [2.45, 2.75) is 39.7 Å². The number of benzene rings is 1. The maximum absolute atomic E-state index is 12.4. The number of aromatic nitrogens is 4. The average Bonchev–Trinajstić information content (AvgIpc) is 3.17. The van der Waals surface area contributed by atoms with Crippen molar-refractivity contribution in [1.29, 1.82) is 0 Å². The van der Waals surface area contributed by atoms with Crippen molar-refractivity contribution in [3.63, 3.8) is 0 Å². The third-order valence-electron chi connectivity index (χ3n) is 4.77. The van der Waals surface area contributed by atoms with Crippen molar-refractivity contribution in [1.82, 2.24) is 24.9 Å². The van der Waals surface area contributed by atoms with Crippen LogP contribution in [0.3, 0.4) is 0 Å². The van der Waals surface area contributed by atoms with Gasteiger partial charge in [0, 0.05) is 24.4 Å². The van der Waals surface area contributed by atoms with Crippen LogP contribution >= 0.6 is 0 Å². The number of ether oxygens (including phenoxy) is 2. The minimum absolute atomic E-state index is 0.0241. The van der Waals surface area contributed by atoms with E-state index in [0.29, 0.717) is 31.6 Å². The molecule has 160 valence electrons. The number of carbonyl (C=O) groups excluding carboxylic acids is 1. The van der Waals surface area contributed by atoms with Crippen molar-refractivity contribution >= 4 is 11.7 Å². The fraction of sp³-hybridized carbons (Fsp3) is 0.400. The molecule has 2 heterocycles. The Balaban J connectivity index is 1.52. The van der Waals surface area contributed by atoms with Gasteiger partial charge in [-0.2, -0.15) is 18.9 Å². The van der Waals surface area contributed by atoms with Gasteiger partial charge in [0.05, 0.1) is 7.11 Å². The van der Waals surface area contributed by atoms with Crippen molar-refractivity contribution in [3.8, 4) is 11.5 Å². The third-order valence-corrected chi connectivity index (χ3v) is 4.77. The highest BCUT2D eigenvalue weighted by molar-refractivity contribution is 5.76. The molecule has 0 saturated carbocycles. The van der Waals surface area contributed by atoms with Gasteiger partial charge in [-0.05, 0) is 49.9 Å². The molecule has 0 fully saturated rings. The Morgan fingerprint density at radius 2 is 2.03 bits per heavy atom. The van der Waals surface area contributed by atoms with Gasteiger partial charge in [0.25, 0.3) is 5.78 Å². The number of methoxy groups -OCH3 is 1. The van der Waals surface area contributed by atoms with Gasteiger partial charge in [0.15, 0.2) is 11.5 Å². The van der Waals surface area contributed by atoms with Gasteiger partial charge in [-0.15, -0.1) is 0 Å². The van der Waals surface area contributed by atoms with E-state index in [-0.39, 0.29) is 17.4 Å². The Morgan fingerprint density at radius 1 is 1.23 bits per heavy atom. The number of halogens is 2. The van der Waals surface area contributed by atoms with Crippen LogP contribution in [0.15, 0.2) is 24.5 Å². The Bertz CT molecular complexity index is 1040. The summed E-state index contributed by atoms with van der Waals surface area (Å²) in [5.74, 6) is 0.653. The second-order valence-corrected chi connectivity index (χ2v) is 6.70. The van der Waals surface area contributed by atoms with Crippen LogP contribution in [0.1, 0.15) is 28.9 Å². The van der Waals surface area contributed by atoms with Gasteiger partial charge >= 0.3 is 6.61 Å². The zero-order valence-corrected chi connectivity index (χ0v) is 17.0. The summed E-state index contributed by atoms with van der Waals surface area (Å²) in [4.78, 5) is 20.7. The molecule has 0 saturated heterocycles. The molecule has 1 N–H and O–H groups in total. The van der Waals surface area contributed by atoms with Gasteiger partial charge in [0.1, 0.15) is 6.33 Å². The zero-order valence-electron chi connectivity index (χ0n) is 17.0. The Hall–Kier alpha value is -3.30. The largest absolute Gasteiger partial charge is 0.493 e. The summed E-state index contributed by atoms with van der Waals surface area (Å²) in [5.41, 5.74) is 3.56. The molecule has 0 unspecified atom stereocenters. The molecule has 0 radical (unpaired) electrons. The lowest BCUT2D eigenvalue weighted by Gasteiger charge is -2.12. The first-order valence-electron chi connectivity index (χ1n) is 9.43. The summed E-state index contributed by atoms with van der Waals surface area (Å²) in [7, 11) is 1.38. The molecule has 0 aliphatic heterocycles. The summed E-state index contributed by atoms with van der Waals surface area (Å²) in [6.07, 6.45) is 2.84. The number of rotatable bonds is 9. The van der Waals surface area contributed by atoms with Crippen LogP contribution in [0.5, 0.6) is 11.5 Å². The van der Waals surface area contributed by atoms with Gasteiger partial charge in [-0.3, -0.25) is 4.79 Å². The number of hydrogen-bond acceptors (Lipinski definition) is 6. The van der Waals surface area contributed by atoms with E-state index in [1.807, 2.05) is 13.8 Å². The first-order chi connectivity index (χ1) is 14.4. The number of fused-ring (bicyclic) bond motifs is 1. The minimum atomic E-state index is -2.92. The van der Waals surface area contributed by atoms with Crippen molar-refractivity contribution in [2.24, 2.45) is 0 Å². The van der Waals surface area contributed by atoms with Gasteiger partial charge < -0.3 is 14.8 Å². The topological polar surface area (TPSA) is 90.6 Å². The first-order valence-corrected chi connectivity index (χ1v) is 9.43. The fourth-order valence-electron chi connectivity index (χ4n) is 3.25. The van der Waals surface area contributed by atoms with Gasteiger partial charge in [-0.1, -0.05) is 6.07 Å². The maximum Gasteiger partial charge on any atom is 0.387 e. The molecule has 0 aliphatic carbocycles. The highest BCUT2D eigenvalue weighted by Crippen LogP contribution is 2.29. The molecule has 1 aromatic carbocycles. The minimum Gasteiger partial charge on any atom is -0.493 e. The predicted molar refractivity (Wildman–Crippen MR) is 105 cm³/mol. The van der Waals surface area contributed by atoms with Crippen LogP contribution in [0.25, 0.3) is 5.78 Å². The highest BCUT2D eigenvalue weighted by Gasteiger charge is 2.13. The molecule has 30 heavy (non-hydrogen) atoms. The number of amides is 1. The molecule has 1 amide bonds. The lowest BCUT2D eigenvalue weighted by Crippen LogP contribution is -2.26. The highest BCUT2D eigenvalue weighted by atomic mass is 19.3. The average molecular weight is 419 g/mol. The van der Waals surface area contributed by atoms with Crippen LogP contribution in [-0.4, -0.2) is 45.8 Å². The standard InChI is InChI=1S/C20H23F2N5O3/c1-12-15(13(2)27-20(26-12)24-11-25-27)5-7-18(28)23-9-8-14-4-6-16(30-19(21)22)17(10-14)29-3/h4,6,10-11,19H,5,7-9H2,1-3H3,(H,23,28). The fourth-order valence-corrected chi connectivity index (χ4v) is 3.25. The summed E-state index contributed by atoms with van der Waals surface area (Å²) in [5, 5.41) is 7.02. The van der Waals surface area contributed by atoms with E-state index in [2.05, 4.69) is 25.1 Å². The van der Waals surface area contributed by atoms with E-state index in [1.165, 1.54) is 19.5 Å². The van der Waals surface area contributed by atoms with Crippen molar-refractivity contribution in [2.75, 3.05) is 13.7 Å². The number of nitrogens with one attached hydrogen (secondary N) is 1. The molecular weight excluding hydrogens is 396 g/mol. The molecule has 3 aromatic rings. The Labute approximate surface area is 172 Å². The van der Waals surface area contributed by atoms with E-state index in [0.717, 1.165) is 22.5 Å². The molecule has 2 aromatic heterocycles. The SMILES string of the molecule is COc1cc(CCNC(=O)CCc2c(C)nc3ncnn3c2C)ccc1OC(F)F. The van der Waals surface area contributed by atoms with Gasteiger partial charge in [-0.25, -0.2) is 9.50 Å². The number of nitrogens with zero attached hydrogens (tertiary/aromatic N) is 4. The van der Waals surface area contributed by atoms with Crippen LogP contribution < -0.4 is 14.8 Å². The van der Waals surface area contributed by atoms with E-state index in [1.54, 1.807) is 16.6 Å². The lowest BCUT2D eigenvalue weighted by atomic mass is 10.1. The Morgan fingerprint density at radius 3 is 2.77 bits per heavy atom. The number of alkyl halides is 2. The molecule has 0 bridgehead atoms. The van der Waals surface area contributed by atoms with E-state index in [4.69, 9.17) is 4.74 Å². The van der Waals surface area contributed by atoms with E-state index >= 15 is 0 Å². The third kappa shape index (κ3) is 5.00. The van der Waals surface area contributed by atoms with E-state index < -0.39 is 6.61 Å². The molecule has 3 rings (SSSR count). The van der Waals surface area contributed by atoms with Crippen molar-refractivity contribution < 1.29 is 23.0 Å². The quantitative estimate of drug-likeness (QED) is 0.574. The molecule has 0 spiro atoms. The van der Waals surface area contributed by atoms with Gasteiger partial charge in [0.2, 0.25) is 5.91 Å². The number of aryl methyl sites for hydroxylation is 2. The summed E-state index contributed by atoms with van der Waals surface area (Å²) < 4.78 is 35.9. The van der Waals surface area contributed by atoms with E-state index in [9.17, 15) is 13.6 Å². The van der Waals surface area contributed by atoms with Crippen LogP contribution in [0.2, 0.25) is 0 Å². The van der Waals surface area contributed by atoms with Crippen LogP contribution in [0.4, 0.5) is 8.78 Å². The smallest absolute Gasteiger partial charge is 0.387 e. The monoisotopic (exact) mass is 419 g/mol. The normalized spacial score (nSPS) is 11.1. The lowest BCUT2D eigenvalue weighted by molar-refractivity contribution is -0.121. The van der Waals surface area contributed by atoms with Crippen LogP contribution in [-0.2, 0) is 17.6 Å². The number of hydrogen-bond donors (Lipinski definition) is 1. The second kappa shape index (κ2) is 9.47. The molecule has 0 atom stereocenters. The molecule has 0 aliphatic rings. The first kappa shape index (κ1) is 21.4. The van der Waals surface area contributed by atoms with Crippen LogP contribution in [0, 0.1) is 13.8 Å². The summed E-state index contributed by atoms with van der Waals surface area (Å²) >= 11 is 0. The maximum atomic E-state index is 12.4. The Kier molecular flexibility index (Phi) is 6.76. The number of carbonyl (C=O) groups is 1. The van der Waals surface area contributed by atoms with Crippen molar-refractivity contribution in [3.05, 3.63) is 47.0 Å².